The number of pyridine rings is 1. The minimum atomic E-state index is 0. The van der Waals surface area contributed by atoms with Crippen LogP contribution in [0.5, 0.6) is 0 Å². The Morgan fingerprint density at radius 2 is 2.06 bits per heavy atom. The van der Waals surface area contributed by atoms with Crippen molar-refractivity contribution < 1.29 is 28.5 Å². The molecule has 16 heavy (non-hydrogen) atoms. The number of aryl methyl sites for hydroxylation is 2. The van der Waals surface area contributed by atoms with Gasteiger partial charge in [-0.2, -0.15) is 0 Å². The van der Waals surface area contributed by atoms with E-state index in [1.54, 1.807) is 11.3 Å². The summed E-state index contributed by atoms with van der Waals surface area (Å²) in [6.45, 7) is 2.13. The maximum atomic E-state index is 2.17. The van der Waals surface area contributed by atoms with Crippen LogP contribution in [-0.2, 0) is 7.05 Å². The Bertz CT molecular complexity index is 475. The fourth-order valence-corrected chi connectivity index (χ4v) is 2.12. The third-order valence-corrected chi connectivity index (χ3v) is 3.15. The van der Waals surface area contributed by atoms with Crippen LogP contribution in [-0.4, -0.2) is 0 Å². The first-order chi connectivity index (χ1) is 7.25. The van der Waals surface area contributed by atoms with E-state index in [0.717, 1.165) is 0 Å². The summed E-state index contributed by atoms with van der Waals surface area (Å²) >= 11 is 1.76. The molecule has 0 atom stereocenters. The molecule has 0 saturated heterocycles. The van der Waals surface area contributed by atoms with Crippen molar-refractivity contribution in [3.05, 3.63) is 52.0 Å². The van der Waals surface area contributed by atoms with Gasteiger partial charge in [-0.3, -0.25) is 0 Å². The lowest BCUT2D eigenvalue weighted by Crippen LogP contribution is -3.00. The molecule has 0 aliphatic carbocycles. The molecular weight excluding hydrogens is 329 g/mol. The molecule has 2 heterocycles. The minimum absolute atomic E-state index is 0. The predicted octanol–water partition coefficient (Wildman–Crippen LogP) is 0.0554. The van der Waals surface area contributed by atoms with Gasteiger partial charge in [-0.25, -0.2) is 4.57 Å². The van der Waals surface area contributed by atoms with E-state index in [1.165, 1.54) is 16.0 Å². The lowest BCUT2D eigenvalue weighted by Gasteiger charge is -1.96. The average Bonchev–Trinajstić information content (AvgIpc) is 2.69. The van der Waals surface area contributed by atoms with Gasteiger partial charge in [-0.05, 0) is 30.0 Å². The van der Waals surface area contributed by atoms with Gasteiger partial charge in [0.2, 0.25) is 0 Å². The smallest absolute Gasteiger partial charge is 0.172 e. The lowest BCUT2D eigenvalue weighted by atomic mass is 10.1. The van der Waals surface area contributed by atoms with Crippen molar-refractivity contribution in [3.63, 3.8) is 0 Å². The number of halogens is 1. The van der Waals surface area contributed by atoms with Crippen molar-refractivity contribution in [3.8, 4) is 0 Å². The van der Waals surface area contributed by atoms with Crippen LogP contribution in [0.15, 0.2) is 36.0 Å². The second-order valence-corrected chi connectivity index (χ2v) is 4.58. The maximum Gasteiger partial charge on any atom is 0.172 e. The Balaban J connectivity index is 0.00000128. The maximum absolute atomic E-state index is 2.17. The second kappa shape index (κ2) is 6.15. The third-order valence-electron chi connectivity index (χ3n) is 2.31. The summed E-state index contributed by atoms with van der Waals surface area (Å²) in [6, 6.07) is 6.33. The van der Waals surface area contributed by atoms with Crippen molar-refractivity contribution in [1.82, 2.24) is 0 Å². The van der Waals surface area contributed by atoms with Gasteiger partial charge in [0.15, 0.2) is 12.4 Å². The SMILES string of the molecule is Cc1c[n+](C)ccc1/C=C/c1cccs1.[I-]. The van der Waals surface area contributed by atoms with Gasteiger partial charge in [-0.1, -0.05) is 12.1 Å². The Hall–Kier alpha value is -0.680. The molecule has 0 aromatic carbocycles. The molecule has 84 valence electrons. The van der Waals surface area contributed by atoms with E-state index in [-0.39, 0.29) is 24.0 Å². The summed E-state index contributed by atoms with van der Waals surface area (Å²) < 4.78 is 2.07. The zero-order valence-electron chi connectivity index (χ0n) is 9.35. The average molecular weight is 343 g/mol. The topological polar surface area (TPSA) is 3.88 Å². The summed E-state index contributed by atoms with van der Waals surface area (Å²) in [5.41, 5.74) is 2.58. The van der Waals surface area contributed by atoms with Gasteiger partial charge in [0, 0.05) is 16.5 Å². The molecule has 0 spiro atoms. The Morgan fingerprint density at radius 3 is 2.69 bits per heavy atom. The molecule has 0 aliphatic rings. The molecule has 0 amide bonds. The fraction of sp³-hybridized carbons (Fsp3) is 0.154. The zero-order chi connectivity index (χ0) is 10.7. The van der Waals surface area contributed by atoms with Crippen LogP contribution < -0.4 is 28.5 Å². The van der Waals surface area contributed by atoms with Gasteiger partial charge in [0.1, 0.15) is 7.05 Å². The minimum Gasteiger partial charge on any atom is -1.00 e. The molecule has 2 rings (SSSR count). The molecule has 0 bridgehead atoms. The molecule has 0 unspecified atom stereocenters. The van der Waals surface area contributed by atoms with E-state index >= 15 is 0 Å². The number of nitrogens with zero attached hydrogens (tertiary/aromatic N) is 1. The van der Waals surface area contributed by atoms with Crippen LogP contribution in [0.2, 0.25) is 0 Å². The molecule has 2 aromatic rings. The molecule has 0 saturated carbocycles. The van der Waals surface area contributed by atoms with E-state index in [0.29, 0.717) is 0 Å². The standard InChI is InChI=1S/C13H14NS.HI/c1-11-10-14(2)8-7-12(11)5-6-13-4-3-9-15-13;/h3-10H,1-2H3;1H/q+1;/p-1/b6-5+;. The van der Waals surface area contributed by atoms with Gasteiger partial charge >= 0.3 is 0 Å². The molecule has 2 aromatic heterocycles. The number of hydrogen-bond donors (Lipinski definition) is 0. The summed E-state index contributed by atoms with van der Waals surface area (Å²) in [6.07, 6.45) is 8.53. The Morgan fingerprint density at radius 1 is 1.25 bits per heavy atom. The highest BCUT2D eigenvalue weighted by atomic mass is 127. The predicted molar refractivity (Wildman–Crippen MR) is 65.6 cm³/mol. The van der Waals surface area contributed by atoms with Crippen molar-refractivity contribution >= 4 is 23.5 Å². The molecule has 0 radical (unpaired) electrons. The van der Waals surface area contributed by atoms with Crippen molar-refractivity contribution in [2.75, 3.05) is 0 Å². The van der Waals surface area contributed by atoms with E-state index in [1.807, 2.05) is 7.05 Å². The molecule has 3 heteroatoms. The molecule has 1 nitrogen and oxygen atoms in total. The summed E-state index contributed by atoms with van der Waals surface area (Å²) in [7, 11) is 2.04. The van der Waals surface area contributed by atoms with Crippen LogP contribution >= 0.6 is 11.3 Å². The third kappa shape index (κ3) is 3.42. The Kier molecular flexibility index (Phi) is 5.15. The monoisotopic (exact) mass is 343 g/mol. The fourth-order valence-electron chi connectivity index (χ4n) is 1.50. The van der Waals surface area contributed by atoms with Crippen LogP contribution in [0.3, 0.4) is 0 Å². The number of hydrogen-bond acceptors (Lipinski definition) is 1. The van der Waals surface area contributed by atoms with Crippen molar-refractivity contribution in [1.29, 1.82) is 0 Å². The number of aromatic nitrogens is 1. The molecule has 0 fully saturated rings. The molecular formula is C13H14INS. The van der Waals surface area contributed by atoms with Crippen molar-refractivity contribution in [2.24, 2.45) is 7.05 Å². The first-order valence-corrected chi connectivity index (χ1v) is 5.81. The zero-order valence-corrected chi connectivity index (χ0v) is 12.3. The van der Waals surface area contributed by atoms with Gasteiger partial charge in [-0.15, -0.1) is 11.3 Å². The van der Waals surface area contributed by atoms with E-state index in [2.05, 4.69) is 59.6 Å². The molecule has 0 N–H and O–H groups in total. The van der Waals surface area contributed by atoms with Crippen LogP contribution in [0, 0.1) is 6.92 Å². The normalized spacial score (nSPS) is 10.4. The first-order valence-electron chi connectivity index (χ1n) is 4.93. The highest BCUT2D eigenvalue weighted by Gasteiger charge is 1.98. The van der Waals surface area contributed by atoms with E-state index < -0.39 is 0 Å². The highest BCUT2D eigenvalue weighted by Crippen LogP contribution is 2.14. The lowest BCUT2D eigenvalue weighted by molar-refractivity contribution is -0.671. The number of rotatable bonds is 2. The van der Waals surface area contributed by atoms with Crippen molar-refractivity contribution in [2.45, 2.75) is 6.92 Å². The van der Waals surface area contributed by atoms with E-state index in [9.17, 15) is 0 Å². The highest BCUT2D eigenvalue weighted by molar-refractivity contribution is 7.10. The summed E-state index contributed by atoms with van der Waals surface area (Å²) in [5.74, 6) is 0. The van der Waals surface area contributed by atoms with Crippen LogP contribution in [0.1, 0.15) is 16.0 Å². The second-order valence-electron chi connectivity index (χ2n) is 3.60. The molecule has 0 aliphatic heterocycles. The van der Waals surface area contributed by atoms with Crippen LogP contribution in [0.25, 0.3) is 12.2 Å². The summed E-state index contributed by atoms with van der Waals surface area (Å²) in [5, 5.41) is 2.09. The van der Waals surface area contributed by atoms with E-state index in [4.69, 9.17) is 0 Å². The summed E-state index contributed by atoms with van der Waals surface area (Å²) in [4.78, 5) is 1.29. The largest absolute Gasteiger partial charge is 1.00 e. The van der Waals surface area contributed by atoms with Gasteiger partial charge < -0.3 is 24.0 Å². The quantitative estimate of drug-likeness (QED) is 0.536. The first kappa shape index (κ1) is 13.4. The number of thiophene rings is 1. The van der Waals surface area contributed by atoms with Crippen LogP contribution in [0.4, 0.5) is 0 Å². The Labute approximate surface area is 117 Å². The van der Waals surface area contributed by atoms with Gasteiger partial charge in [0.25, 0.3) is 0 Å². The van der Waals surface area contributed by atoms with Gasteiger partial charge in [0.05, 0.1) is 0 Å².